The second-order valence-corrected chi connectivity index (χ2v) is 8.13. The van der Waals surface area contributed by atoms with Gasteiger partial charge in [0.15, 0.2) is 0 Å². The summed E-state index contributed by atoms with van der Waals surface area (Å²) >= 11 is 4.81. The Bertz CT molecular complexity index is 779. The number of carbonyl (C=O) groups is 1. The molecule has 1 aliphatic heterocycles. The molecule has 0 aliphatic carbocycles. The minimum Gasteiger partial charge on any atom is -0.328 e. The van der Waals surface area contributed by atoms with Gasteiger partial charge in [0.1, 0.15) is 15.7 Å². The van der Waals surface area contributed by atoms with Crippen LogP contribution in [0.2, 0.25) is 0 Å². The molecule has 4 rings (SSSR count). The monoisotopic (exact) mass is 361 g/mol. The molecule has 0 spiro atoms. The highest BCUT2D eigenvalue weighted by Gasteiger charge is 2.31. The maximum atomic E-state index is 12.9. The van der Waals surface area contributed by atoms with Gasteiger partial charge < -0.3 is 4.90 Å². The van der Waals surface area contributed by atoms with Gasteiger partial charge in [0.05, 0.1) is 10.9 Å². The lowest BCUT2D eigenvalue weighted by atomic mass is 10.0. The van der Waals surface area contributed by atoms with Crippen molar-refractivity contribution >= 4 is 39.9 Å². The van der Waals surface area contributed by atoms with E-state index in [2.05, 4.69) is 9.97 Å². The van der Waals surface area contributed by atoms with Gasteiger partial charge >= 0.3 is 0 Å². The van der Waals surface area contributed by atoms with E-state index in [1.165, 1.54) is 11.3 Å². The van der Waals surface area contributed by atoms with E-state index in [9.17, 15) is 4.79 Å². The number of thiazole rings is 2. The van der Waals surface area contributed by atoms with Crippen molar-refractivity contribution in [2.24, 2.45) is 0 Å². The highest BCUT2D eigenvalue weighted by atomic mass is 32.1. The Morgan fingerprint density at radius 1 is 1.22 bits per heavy atom. The van der Waals surface area contributed by atoms with Crippen molar-refractivity contribution in [2.45, 2.75) is 25.3 Å². The third kappa shape index (κ3) is 2.96. The van der Waals surface area contributed by atoms with Crippen LogP contribution in [0, 0.1) is 0 Å². The van der Waals surface area contributed by atoms with E-state index in [0.29, 0.717) is 5.69 Å². The molecular formula is C16H15N3OS3. The number of piperidine rings is 1. The number of likely N-dealkylation sites (tertiary alicyclic amines) is 1. The average Bonchev–Trinajstić information content (AvgIpc) is 3.35. The zero-order chi connectivity index (χ0) is 15.6. The summed E-state index contributed by atoms with van der Waals surface area (Å²) in [6.45, 7) is 0.787. The first-order valence-electron chi connectivity index (χ1n) is 7.52. The van der Waals surface area contributed by atoms with E-state index in [-0.39, 0.29) is 11.9 Å². The lowest BCUT2D eigenvalue weighted by Gasteiger charge is -2.34. The van der Waals surface area contributed by atoms with Gasteiger partial charge in [0.25, 0.3) is 5.91 Å². The smallest absolute Gasteiger partial charge is 0.273 e. The van der Waals surface area contributed by atoms with E-state index in [0.717, 1.165) is 40.7 Å². The predicted molar refractivity (Wildman–Crippen MR) is 95.2 cm³/mol. The molecule has 1 atom stereocenters. The van der Waals surface area contributed by atoms with Crippen molar-refractivity contribution in [1.82, 2.24) is 14.9 Å². The van der Waals surface area contributed by atoms with Gasteiger partial charge in [-0.05, 0) is 30.7 Å². The van der Waals surface area contributed by atoms with Crippen molar-refractivity contribution in [3.63, 3.8) is 0 Å². The van der Waals surface area contributed by atoms with Crippen LogP contribution >= 0.6 is 34.0 Å². The maximum Gasteiger partial charge on any atom is 0.273 e. The molecule has 1 amide bonds. The van der Waals surface area contributed by atoms with Gasteiger partial charge in [0.2, 0.25) is 0 Å². The molecule has 0 saturated carbocycles. The van der Waals surface area contributed by atoms with Crippen LogP contribution in [0.5, 0.6) is 0 Å². The van der Waals surface area contributed by atoms with Crippen LogP contribution in [-0.4, -0.2) is 27.3 Å². The third-order valence-electron chi connectivity index (χ3n) is 3.96. The number of hydrogen-bond acceptors (Lipinski definition) is 6. The zero-order valence-electron chi connectivity index (χ0n) is 12.3. The highest BCUT2D eigenvalue weighted by molar-refractivity contribution is 7.20. The lowest BCUT2D eigenvalue weighted by molar-refractivity contribution is 0.0606. The summed E-state index contributed by atoms with van der Waals surface area (Å²) in [5.74, 6) is 0.0314. The van der Waals surface area contributed by atoms with Gasteiger partial charge in [0, 0.05) is 23.5 Å². The number of rotatable bonds is 3. The van der Waals surface area contributed by atoms with Crippen LogP contribution in [0.15, 0.2) is 34.5 Å². The van der Waals surface area contributed by atoms with Crippen LogP contribution in [0.4, 0.5) is 0 Å². The fraction of sp³-hybridized carbons (Fsp3) is 0.312. The Balaban J connectivity index is 1.60. The standard InChI is InChI=1S/C16H15N3OS3/c20-16(11-10-23-15(18-11)13-5-3-8-21-13)19-7-2-1-4-12(19)14-17-6-9-22-14/h3,5-6,8-10,12H,1-2,4,7H2/t12-/m0/s1. The summed E-state index contributed by atoms with van der Waals surface area (Å²) in [4.78, 5) is 25.0. The van der Waals surface area contributed by atoms with Gasteiger partial charge in [-0.3, -0.25) is 4.79 Å². The largest absolute Gasteiger partial charge is 0.328 e. The van der Waals surface area contributed by atoms with Crippen molar-refractivity contribution in [2.75, 3.05) is 6.54 Å². The number of amides is 1. The Morgan fingerprint density at radius 3 is 2.96 bits per heavy atom. The number of aromatic nitrogens is 2. The molecule has 1 saturated heterocycles. The van der Waals surface area contributed by atoms with Gasteiger partial charge in [-0.15, -0.1) is 34.0 Å². The molecule has 0 N–H and O–H groups in total. The first-order chi connectivity index (χ1) is 11.3. The first-order valence-corrected chi connectivity index (χ1v) is 10.2. The minimum atomic E-state index is 0.0314. The fourth-order valence-corrected chi connectivity index (χ4v) is 5.26. The molecule has 3 aromatic rings. The van der Waals surface area contributed by atoms with Crippen molar-refractivity contribution in [3.05, 3.63) is 45.2 Å². The summed E-state index contributed by atoms with van der Waals surface area (Å²) in [6, 6.07) is 4.14. The average molecular weight is 362 g/mol. The molecule has 118 valence electrons. The molecular weight excluding hydrogens is 346 g/mol. The molecule has 3 aromatic heterocycles. The van der Waals surface area contributed by atoms with Crippen molar-refractivity contribution < 1.29 is 4.79 Å². The van der Waals surface area contributed by atoms with Gasteiger partial charge in [-0.1, -0.05) is 6.07 Å². The Morgan fingerprint density at radius 2 is 2.17 bits per heavy atom. The van der Waals surface area contributed by atoms with Crippen LogP contribution in [0.1, 0.15) is 40.8 Å². The van der Waals surface area contributed by atoms with Crippen molar-refractivity contribution in [1.29, 1.82) is 0 Å². The van der Waals surface area contributed by atoms with Crippen LogP contribution in [0.25, 0.3) is 9.88 Å². The number of hydrogen-bond donors (Lipinski definition) is 0. The summed E-state index contributed by atoms with van der Waals surface area (Å²) in [6.07, 6.45) is 5.00. The molecule has 4 heterocycles. The molecule has 0 radical (unpaired) electrons. The highest BCUT2D eigenvalue weighted by Crippen LogP contribution is 2.34. The van der Waals surface area contributed by atoms with Crippen LogP contribution < -0.4 is 0 Å². The molecule has 0 unspecified atom stereocenters. The molecule has 0 bridgehead atoms. The Labute approximate surface area is 146 Å². The number of nitrogens with zero attached hydrogens (tertiary/aromatic N) is 3. The number of thiophene rings is 1. The topological polar surface area (TPSA) is 46.1 Å². The van der Waals surface area contributed by atoms with E-state index in [4.69, 9.17) is 0 Å². The van der Waals surface area contributed by atoms with E-state index >= 15 is 0 Å². The molecule has 7 heteroatoms. The third-order valence-corrected chi connectivity index (χ3v) is 6.71. The Kier molecular flexibility index (Phi) is 4.24. The van der Waals surface area contributed by atoms with Gasteiger partial charge in [-0.2, -0.15) is 0 Å². The SMILES string of the molecule is O=C(c1csc(-c2cccs2)n1)N1CCCC[C@H]1c1nccs1. The normalized spacial score (nSPS) is 18.3. The molecule has 4 nitrogen and oxygen atoms in total. The number of carbonyl (C=O) groups excluding carboxylic acids is 1. The molecule has 1 aliphatic rings. The summed E-state index contributed by atoms with van der Waals surface area (Å²) in [5.41, 5.74) is 0.557. The first kappa shape index (κ1) is 15.0. The fourth-order valence-electron chi connectivity index (χ4n) is 2.86. The second kappa shape index (κ2) is 6.51. The zero-order valence-corrected chi connectivity index (χ0v) is 14.8. The summed E-state index contributed by atoms with van der Waals surface area (Å²) < 4.78 is 0. The summed E-state index contributed by atoms with van der Waals surface area (Å²) in [7, 11) is 0. The summed E-state index contributed by atoms with van der Waals surface area (Å²) in [5, 5.41) is 7.84. The van der Waals surface area contributed by atoms with E-state index in [1.807, 2.05) is 39.4 Å². The predicted octanol–water partition coefficient (Wildman–Crippen LogP) is 4.70. The lowest BCUT2D eigenvalue weighted by Crippen LogP contribution is -2.38. The quantitative estimate of drug-likeness (QED) is 0.679. The van der Waals surface area contributed by atoms with Gasteiger partial charge in [-0.25, -0.2) is 9.97 Å². The molecule has 23 heavy (non-hydrogen) atoms. The van der Waals surface area contributed by atoms with Crippen molar-refractivity contribution in [3.8, 4) is 9.88 Å². The molecule has 0 aromatic carbocycles. The molecule has 1 fully saturated rings. The van der Waals surface area contributed by atoms with Crippen LogP contribution in [-0.2, 0) is 0 Å². The van der Waals surface area contributed by atoms with E-state index in [1.54, 1.807) is 22.7 Å². The Hall–Kier alpha value is -1.57. The second-order valence-electron chi connectivity index (χ2n) is 5.40. The van der Waals surface area contributed by atoms with Crippen LogP contribution in [0.3, 0.4) is 0 Å². The maximum absolute atomic E-state index is 12.9. The minimum absolute atomic E-state index is 0.0314. The van der Waals surface area contributed by atoms with E-state index < -0.39 is 0 Å².